The lowest BCUT2D eigenvalue weighted by atomic mass is 9.79. The number of methoxy groups -OCH3 is 2. The fourth-order valence-corrected chi connectivity index (χ4v) is 5.87. The van der Waals surface area contributed by atoms with Crippen LogP contribution in [0.3, 0.4) is 0 Å². The monoisotopic (exact) mass is 579 g/mol. The zero-order valence-corrected chi connectivity index (χ0v) is 25.3. The minimum absolute atomic E-state index is 0.174. The maximum Gasteiger partial charge on any atom is 0.356 e. The van der Waals surface area contributed by atoms with E-state index in [1.54, 1.807) is 25.3 Å². The van der Waals surface area contributed by atoms with Crippen molar-refractivity contribution in [2.75, 3.05) is 50.6 Å². The molecule has 1 aromatic carbocycles. The Morgan fingerprint density at radius 1 is 1.10 bits per heavy atom. The molecule has 0 bridgehead atoms. The SMILES string of the molecule is C=CCC.COC(=O)c1cc(N2CCC(N3CCC(OC)CC3)CC2)c(C(=N)C2CCC2)c(Nc2ccc(F)cc2)n1. The molecule has 0 radical (unpaired) electrons. The lowest BCUT2D eigenvalue weighted by Gasteiger charge is -2.43. The van der Waals surface area contributed by atoms with Gasteiger partial charge >= 0.3 is 5.97 Å². The minimum atomic E-state index is -0.522. The summed E-state index contributed by atoms with van der Waals surface area (Å²) in [5, 5.41) is 12.4. The molecule has 2 N–H and O–H groups in total. The average Bonchev–Trinajstić information content (AvgIpc) is 3.00. The fourth-order valence-electron chi connectivity index (χ4n) is 5.87. The summed E-state index contributed by atoms with van der Waals surface area (Å²) in [5.41, 5.74) is 2.96. The Balaban J connectivity index is 0.000000952. The van der Waals surface area contributed by atoms with Crippen LogP contribution in [0.25, 0.3) is 0 Å². The third-order valence-electron chi connectivity index (χ3n) is 8.70. The molecule has 3 fully saturated rings. The van der Waals surface area contributed by atoms with Crippen LogP contribution in [0, 0.1) is 17.1 Å². The molecule has 42 heavy (non-hydrogen) atoms. The van der Waals surface area contributed by atoms with Crippen LogP contribution in [0.2, 0.25) is 0 Å². The molecule has 8 nitrogen and oxygen atoms in total. The molecule has 2 saturated heterocycles. The molecule has 0 spiro atoms. The number of halogens is 1. The number of piperidine rings is 2. The Labute approximate surface area is 249 Å². The van der Waals surface area contributed by atoms with Crippen molar-refractivity contribution in [1.82, 2.24) is 9.88 Å². The van der Waals surface area contributed by atoms with Gasteiger partial charge < -0.3 is 30.0 Å². The lowest BCUT2D eigenvalue weighted by molar-refractivity contribution is 0.0233. The quantitative estimate of drug-likeness (QED) is 0.197. The number of benzene rings is 1. The maximum absolute atomic E-state index is 13.6. The maximum atomic E-state index is 13.6. The first-order valence-electron chi connectivity index (χ1n) is 15.3. The van der Waals surface area contributed by atoms with Gasteiger partial charge in [0.1, 0.15) is 11.6 Å². The van der Waals surface area contributed by atoms with Crippen molar-refractivity contribution in [3.63, 3.8) is 0 Å². The number of hydrogen-bond acceptors (Lipinski definition) is 8. The molecule has 1 saturated carbocycles. The number of carbonyl (C=O) groups is 1. The van der Waals surface area contributed by atoms with Gasteiger partial charge in [-0.25, -0.2) is 14.2 Å². The summed E-state index contributed by atoms with van der Waals surface area (Å²) in [4.78, 5) is 22.1. The summed E-state index contributed by atoms with van der Waals surface area (Å²) in [6.45, 7) is 9.34. The van der Waals surface area contributed by atoms with Gasteiger partial charge in [-0.2, -0.15) is 0 Å². The summed E-state index contributed by atoms with van der Waals surface area (Å²) in [5.74, 6) is -0.238. The smallest absolute Gasteiger partial charge is 0.356 e. The highest BCUT2D eigenvalue weighted by Crippen LogP contribution is 2.38. The number of esters is 1. The van der Waals surface area contributed by atoms with Gasteiger partial charge in [0.25, 0.3) is 0 Å². The van der Waals surface area contributed by atoms with Crippen LogP contribution < -0.4 is 10.2 Å². The van der Waals surface area contributed by atoms with Crippen LogP contribution in [0.5, 0.6) is 0 Å². The highest BCUT2D eigenvalue weighted by molar-refractivity contribution is 6.10. The van der Waals surface area contributed by atoms with Crippen molar-refractivity contribution in [3.05, 3.63) is 60.1 Å². The number of likely N-dealkylation sites (tertiary alicyclic amines) is 1. The van der Waals surface area contributed by atoms with E-state index in [0.717, 1.165) is 88.8 Å². The Morgan fingerprint density at radius 3 is 2.26 bits per heavy atom. The van der Waals surface area contributed by atoms with E-state index >= 15 is 0 Å². The molecule has 228 valence electrons. The summed E-state index contributed by atoms with van der Waals surface area (Å²) in [7, 11) is 3.15. The number of nitrogens with one attached hydrogen (secondary N) is 2. The van der Waals surface area contributed by atoms with Crippen LogP contribution in [-0.4, -0.2) is 74.1 Å². The number of allylic oxidation sites excluding steroid dienone is 1. The Morgan fingerprint density at radius 2 is 1.74 bits per heavy atom. The second kappa shape index (κ2) is 15.3. The standard InChI is InChI=1S/C29H38FN5O3.C4H8/c1-37-23-12-16-34(17-13-23)22-10-14-35(15-11-22)25-18-24(29(36)38-2)33-28(26(25)27(31)19-4-3-5-19)32-21-8-6-20(30)7-9-21;1-3-4-2/h6-9,18-19,22-23,31H,3-5,10-17H2,1-2H3,(H,32,33);3H,1,4H2,2H3. The van der Waals surface area contributed by atoms with E-state index in [-0.39, 0.29) is 17.4 Å². The number of rotatable bonds is 9. The van der Waals surface area contributed by atoms with Gasteiger partial charge in [0.2, 0.25) is 0 Å². The highest BCUT2D eigenvalue weighted by Gasteiger charge is 2.33. The zero-order chi connectivity index (χ0) is 30.1. The summed E-state index contributed by atoms with van der Waals surface area (Å²) < 4.78 is 24.1. The molecule has 3 aliphatic rings. The Hall–Kier alpha value is -3.30. The van der Waals surface area contributed by atoms with Gasteiger partial charge in [0.05, 0.1) is 24.5 Å². The Kier molecular flexibility index (Phi) is 11.5. The van der Waals surface area contributed by atoms with Crippen LogP contribution in [0.1, 0.15) is 74.3 Å². The molecule has 2 aromatic rings. The molecule has 0 atom stereocenters. The molecular formula is C33H46FN5O3. The van der Waals surface area contributed by atoms with Gasteiger partial charge in [-0.05, 0) is 75.3 Å². The van der Waals surface area contributed by atoms with Crippen LogP contribution in [0.4, 0.5) is 21.6 Å². The minimum Gasteiger partial charge on any atom is -0.464 e. The van der Waals surface area contributed by atoms with E-state index in [1.165, 1.54) is 19.2 Å². The van der Waals surface area contributed by atoms with Crippen molar-refractivity contribution < 1.29 is 18.7 Å². The van der Waals surface area contributed by atoms with Crippen LogP contribution in [-0.2, 0) is 9.47 Å². The molecule has 0 amide bonds. The van der Waals surface area contributed by atoms with Gasteiger partial charge in [0.15, 0.2) is 5.69 Å². The predicted molar refractivity (Wildman–Crippen MR) is 167 cm³/mol. The number of hydrogen-bond donors (Lipinski definition) is 2. The zero-order valence-electron chi connectivity index (χ0n) is 25.3. The highest BCUT2D eigenvalue weighted by atomic mass is 19.1. The van der Waals surface area contributed by atoms with E-state index in [0.29, 0.717) is 29.4 Å². The number of nitrogens with zero attached hydrogens (tertiary/aromatic N) is 3. The molecule has 2 aliphatic heterocycles. The van der Waals surface area contributed by atoms with Crippen molar-refractivity contribution in [3.8, 4) is 0 Å². The van der Waals surface area contributed by atoms with Crippen molar-refractivity contribution in [2.45, 2.75) is 70.4 Å². The second-order valence-corrected chi connectivity index (χ2v) is 11.3. The summed E-state index contributed by atoms with van der Waals surface area (Å²) in [6, 6.07) is 8.34. The van der Waals surface area contributed by atoms with E-state index in [9.17, 15) is 9.18 Å². The van der Waals surface area contributed by atoms with E-state index < -0.39 is 5.97 Å². The topological polar surface area (TPSA) is 90.8 Å². The third-order valence-corrected chi connectivity index (χ3v) is 8.70. The van der Waals surface area contributed by atoms with E-state index in [4.69, 9.17) is 14.9 Å². The number of aromatic nitrogens is 1. The molecule has 1 aliphatic carbocycles. The van der Waals surface area contributed by atoms with E-state index in [2.05, 4.69) is 33.6 Å². The fraction of sp³-hybridized carbons (Fsp3) is 0.545. The molecular weight excluding hydrogens is 533 g/mol. The Bertz CT molecular complexity index is 1200. The summed E-state index contributed by atoms with van der Waals surface area (Å²) >= 11 is 0. The van der Waals surface area contributed by atoms with Crippen LogP contribution in [0.15, 0.2) is 43.0 Å². The van der Waals surface area contributed by atoms with E-state index in [1.807, 2.05) is 6.08 Å². The summed E-state index contributed by atoms with van der Waals surface area (Å²) in [6.07, 6.45) is 10.6. The number of anilines is 3. The lowest BCUT2D eigenvalue weighted by Crippen LogP contribution is -2.49. The van der Waals surface area contributed by atoms with Gasteiger partial charge in [0, 0.05) is 56.6 Å². The van der Waals surface area contributed by atoms with Crippen molar-refractivity contribution in [2.24, 2.45) is 5.92 Å². The number of pyridine rings is 1. The van der Waals surface area contributed by atoms with Gasteiger partial charge in [-0.3, -0.25) is 0 Å². The normalized spacial score (nSPS) is 18.4. The largest absolute Gasteiger partial charge is 0.464 e. The first kappa shape index (κ1) is 31.6. The molecule has 9 heteroatoms. The second-order valence-electron chi connectivity index (χ2n) is 11.3. The molecule has 3 heterocycles. The predicted octanol–water partition coefficient (Wildman–Crippen LogP) is 6.58. The van der Waals surface area contributed by atoms with Gasteiger partial charge in [-0.15, -0.1) is 6.58 Å². The van der Waals surface area contributed by atoms with Gasteiger partial charge in [-0.1, -0.05) is 19.4 Å². The average molecular weight is 580 g/mol. The molecule has 1 aromatic heterocycles. The molecule has 5 rings (SSSR count). The first-order valence-corrected chi connectivity index (χ1v) is 15.3. The van der Waals surface area contributed by atoms with Crippen molar-refractivity contribution >= 4 is 28.9 Å². The number of ether oxygens (including phenoxy) is 2. The first-order chi connectivity index (χ1) is 20.4. The van der Waals surface area contributed by atoms with Crippen molar-refractivity contribution in [1.29, 1.82) is 5.41 Å². The number of carbonyl (C=O) groups excluding carboxylic acids is 1. The third kappa shape index (κ3) is 7.75. The molecule has 0 unspecified atom stereocenters. The van der Waals surface area contributed by atoms with Crippen LogP contribution >= 0.6 is 0 Å².